The van der Waals surface area contributed by atoms with Gasteiger partial charge in [-0.15, -0.1) is 11.6 Å². The van der Waals surface area contributed by atoms with Crippen molar-refractivity contribution in [2.24, 2.45) is 0 Å². The van der Waals surface area contributed by atoms with E-state index in [4.69, 9.17) is 11.6 Å². The van der Waals surface area contributed by atoms with Crippen molar-refractivity contribution in [2.45, 2.75) is 45.7 Å². The topological polar surface area (TPSA) is 12.0 Å². The van der Waals surface area contributed by atoms with Gasteiger partial charge in [-0.3, -0.25) is 0 Å². The molecule has 0 aromatic heterocycles. The molecule has 0 aliphatic carbocycles. The molecule has 0 spiro atoms. The highest BCUT2D eigenvalue weighted by Crippen LogP contribution is 1.96. The molecule has 2 heteroatoms. The Morgan fingerprint density at radius 3 is 2.30 bits per heavy atom. The van der Waals surface area contributed by atoms with E-state index in [2.05, 4.69) is 26.1 Å². The third kappa shape index (κ3) is 5.07. The van der Waals surface area contributed by atoms with Gasteiger partial charge < -0.3 is 5.32 Å². The molecule has 0 fully saturated rings. The van der Waals surface area contributed by atoms with Crippen LogP contribution in [0.5, 0.6) is 0 Å². The lowest BCUT2D eigenvalue weighted by molar-refractivity contribution is 0.450. The first-order valence-corrected chi connectivity index (χ1v) is 4.56. The van der Waals surface area contributed by atoms with Crippen LogP contribution in [0, 0.1) is 0 Å². The van der Waals surface area contributed by atoms with E-state index in [0.29, 0.717) is 12.1 Å². The Balaban J connectivity index is 3.27. The van der Waals surface area contributed by atoms with Crippen LogP contribution in [-0.4, -0.2) is 18.0 Å². The molecule has 10 heavy (non-hydrogen) atoms. The fraction of sp³-hybridized carbons (Fsp3) is 1.00. The Morgan fingerprint density at radius 2 is 1.90 bits per heavy atom. The van der Waals surface area contributed by atoms with Gasteiger partial charge in [0.15, 0.2) is 0 Å². The van der Waals surface area contributed by atoms with Crippen LogP contribution >= 0.6 is 11.6 Å². The summed E-state index contributed by atoms with van der Waals surface area (Å²) in [5, 5.41) is 3.45. The predicted octanol–water partition coefficient (Wildman–Crippen LogP) is 2.39. The van der Waals surface area contributed by atoms with Gasteiger partial charge in [0, 0.05) is 18.0 Å². The number of alkyl halides is 1. The van der Waals surface area contributed by atoms with Crippen LogP contribution in [0.2, 0.25) is 0 Å². The summed E-state index contributed by atoms with van der Waals surface area (Å²) in [6.07, 6.45) is 2.25. The second-order valence-corrected chi connectivity index (χ2v) is 3.23. The largest absolute Gasteiger partial charge is 0.312 e. The fourth-order valence-electron chi connectivity index (χ4n) is 0.851. The Kier molecular flexibility index (Phi) is 6.14. The van der Waals surface area contributed by atoms with E-state index in [1.807, 2.05) is 0 Å². The maximum atomic E-state index is 5.58. The zero-order valence-electron chi connectivity index (χ0n) is 7.15. The molecule has 1 N–H and O–H groups in total. The normalized spacial score (nSPS) is 16.8. The molecule has 2 unspecified atom stereocenters. The van der Waals surface area contributed by atoms with Gasteiger partial charge in [-0.05, 0) is 26.7 Å². The van der Waals surface area contributed by atoms with E-state index >= 15 is 0 Å². The van der Waals surface area contributed by atoms with E-state index in [-0.39, 0.29) is 0 Å². The quantitative estimate of drug-likeness (QED) is 0.614. The third-order valence-corrected chi connectivity index (χ3v) is 1.94. The summed E-state index contributed by atoms with van der Waals surface area (Å²) in [7, 11) is 0. The molecule has 0 bridgehead atoms. The molecule has 0 aliphatic rings. The summed E-state index contributed by atoms with van der Waals surface area (Å²) in [4.78, 5) is 0. The fourth-order valence-corrected chi connectivity index (χ4v) is 1.18. The molecular weight excluding hydrogens is 146 g/mol. The zero-order chi connectivity index (χ0) is 7.98. The molecule has 62 valence electrons. The average molecular weight is 164 g/mol. The summed E-state index contributed by atoms with van der Waals surface area (Å²) in [5.41, 5.74) is 0. The SMILES string of the molecule is CCC(C)NC(C)CCCl. The van der Waals surface area contributed by atoms with Crippen LogP contribution in [0.4, 0.5) is 0 Å². The van der Waals surface area contributed by atoms with Crippen molar-refractivity contribution in [3.8, 4) is 0 Å². The van der Waals surface area contributed by atoms with Gasteiger partial charge in [0.05, 0.1) is 0 Å². The van der Waals surface area contributed by atoms with Gasteiger partial charge in [0.1, 0.15) is 0 Å². The monoisotopic (exact) mass is 163 g/mol. The zero-order valence-corrected chi connectivity index (χ0v) is 7.91. The van der Waals surface area contributed by atoms with E-state index < -0.39 is 0 Å². The van der Waals surface area contributed by atoms with Crippen molar-refractivity contribution in [3.63, 3.8) is 0 Å². The Hall–Kier alpha value is 0.250. The standard InChI is InChI=1S/C8H18ClN/c1-4-7(2)10-8(3)5-6-9/h7-8,10H,4-6H2,1-3H3. The highest BCUT2D eigenvalue weighted by atomic mass is 35.5. The molecule has 0 saturated carbocycles. The van der Waals surface area contributed by atoms with Gasteiger partial charge in [-0.25, -0.2) is 0 Å². The first-order valence-electron chi connectivity index (χ1n) is 4.02. The first kappa shape index (κ1) is 10.2. The van der Waals surface area contributed by atoms with Crippen molar-refractivity contribution >= 4 is 11.6 Å². The second kappa shape index (κ2) is 5.99. The highest BCUT2D eigenvalue weighted by Gasteiger charge is 2.03. The van der Waals surface area contributed by atoms with Gasteiger partial charge >= 0.3 is 0 Å². The molecule has 2 atom stereocenters. The minimum atomic E-state index is 0.562. The summed E-state index contributed by atoms with van der Waals surface area (Å²) in [6, 6.07) is 1.19. The Bertz CT molecular complexity index is 75.7. The van der Waals surface area contributed by atoms with Crippen molar-refractivity contribution < 1.29 is 0 Å². The number of hydrogen-bond donors (Lipinski definition) is 1. The lowest BCUT2D eigenvalue weighted by Crippen LogP contribution is -2.34. The maximum Gasteiger partial charge on any atom is 0.0238 e. The van der Waals surface area contributed by atoms with Crippen molar-refractivity contribution in [1.82, 2.24) is 5.32 Å². The molecule has 0 heterocycles. The summed E-state index contributed by atoms with van der Waals surface area (Å²) in [6.45, 7) is 6.56. The molecule has 1 nitrogen and oxygen atoms in total. The second-order valence-electron chi connectivity index (χ2n) is 2.85. The molecule has 0 aliphatic heterocycles. The van der Waals surface area contributed by atoms with E-state index in [1.165, 1.54) is 6.42 Å². The smallest absolute Gasteiger partial charge is 0.0238 e. The van der Waals surface area contributed by atoms with Gasteiger partial charge in [-0.2, -0.15) is 0 Å². The number of rotatable bonds is 5. The molecule has 0 radical (unpaired) electrons. The average Bonchev–Trinajstić information content (AvgIpc) is 1.88. The van der Waals surface area contributed by atoms with E-state index in [1.54, 1.807) is 0 Å². The van der Waals surface area contributed by atoms with Crippen LogP contribution in [0.3, 0.4) is 0 Å². The number of halogens is 1. The van der Waals surface area contributed by atoms with Gasteiger partial charge in [0.2, 0.25) is 0 Å². The van der Waals surface area contributed by atoms with Crippen LogP contribution in [0.1, 0.15) is 33.6 Å². The van der Waals surface area contributed by atoms with Crippen molar-refractivity contribution in [2.75, 3.05) is 5.88 Å². The maximum absolute atomic E-state index is 5.58. The van der Waals surface area contributed by atoms with Crippen LogP contribution in [0.15, 0.2) is 0 Å². The number of hydrogen-bond acceptors (Lipinski definition) is 1. The molecule has 0 aromatic rings. The van der Waals surface area contributed by atoms with Crippen molar-refractivity contribution in [3.05, 3.63) is 0 Å². The first-order chi connectivity index (χ1) is 4.70. The molecular formula is C8H18ClN. The number of nitrogens with one attached hydrogen (secondary N) is 1. The van der Waals surface area contributed by atoms with Crippen LogP contribution in [-0.2, 0) is 0 Å². The lowest BCUT2D eigenvalue weighted by Gasteiger charge is -2.17. The molecule has 0 saturated heterocycles. The Morgan fingerprint density at radius 1 is 1.30 bits per heavy atom. The summed E-state index contributed by atoms with van der Waals surface area (Å²) in [5.74, 6) is 0.755. The van der Waals surface area contributed by atoms with Gasteiger partial charge in [0.25, 0.3) is 0 Å². The predicted molar refractivity (Wildman–Crippen MR) is 47.7 cm³/mol. The third-order valence-electron chi connectivity index (χ3n) is 1.72. The van der Waals surface area contributed by atoms with Crippen molar-refractivity contribution in [1.29, 1.82) is 0 Å². The minimum absolute atomic E-state index is 0.562. The van der Waals surface area contributed by atoms with E-state index in [9.17, 15) is 0 Å². The highest BCUT2D eigenvalue weighted by molar-refractivity contribution is 6.17. The Labute approximate surface area is 69.1 Å². The molecule has 0 rings (SSSR count). The van der Waals surface area contributed by atoms with Gasteiger partial charge in [-0.1, -0.05) is 6.92 Å². The summed E-state index contributed by atoms with van der Waals surface area (Å²) >= 11 is 5.58. The molecule has 0 aromatic carbocycles. The van der Waals surface area contributed by atoms with E-state index in [0.717, 1.165) is 12.3 Å². The minimum Gasteiger partial charge on any atom is -0.312 e. The molecule has 0 amide bonds. The van der Waals surface area contributed by atoms with Crippen LogP contribution in [0.25, 0.3) is 0 Å². The summed E-state index contributed by atoms with van der Waals surface area (Å²) < 4.78 is 0. The lowest BCUT2D eigenvalue weighted by atomic mass is 10.2. The van der Waals surface area contributed by atoms with Crippen LogP contribution < -0.4 is 5.32 Å².